The van der Waals surface area contributed by atoms with Crippen LogP contribution < -0.4 is 5.32 Å². The minimum atomic E-state index is -0.150. The number of amides is 1. The van der Waals surface area contributed by atoms with Gasteiger partial charge in [0.15, 0.2) is 0 Å². The highest BCUT2D eigenvalue weighted by atomic mass is 35.5. The van der Waals surface area contributed by atoms with Crippen molar-refractivity contribution in [3.63, 3.8) is 0 Å². The van der Waals surface area contributed by atoms with Gasteiger partial charge in [0.1, 0.15) is 4.83 Å². The third kappa shape index (κ3) is 3.11. The van der Waals surface area contributed by atoms with Crippen LogP contribution in [0.5, 0.6) is 0 Å². The molecule has 25 heavy (non-hydrogen) atoms. The first-order valence-electron chi connectivity index (χ1n) is 7.88. The van der Waals surface area contributed by atoms with Crippen molar-refractivity contribution in [1.82, 2.24) is 4.98 Å². The zero-order chi connectivity index (χ0) is 17.6. The van der Waals surface area contributed by atoms with Crippen LogP contribution in [0.15, 0.2) is 48.5 Å². The third-order valence-corrected chi connectivity index (χ3v) is 5.56. The minimum absolute atomic E-state index is 0.150. The molecule has 0 aliphatic heterocycles. The van der Waals surface area contributed by atoms with Crippen molar-refractivity contribution in [2.75, 3.05) is 5.32 Å². The fourth-order valence-corrected chi connectivity index (χ4v) is 3.83. The molecular weight excluding hydrogens is 352 g/mol. The van der Waals surface area contributed by atoms with Gasteiger partial charge in [-0.05, 0) is 55.8 Å². The van der Waals surface area contributed by atoms with Crippen LogP contribution in [-0.2, 0) is 0 Å². The average Bonchev–Trinajstić information content (AvgIpc) is 2.99. The molecule has 0 spiro atoms. The number of aromatic nitrogens is 1. The summed E-state index contributed by atoms with van der Waals surface area (Å²) in [7, 11) is 0. The molecule has 0 radical (unpaired) electrons. The Morgan fingerprint density at radius 2 is 1.88 bits per heavy atom. The van der Waals surface area contributed by atoms with Crippen LogP contribution in [0.3, 0.4) is 0 Å². The molecule has 4 aromatic rings. The predicted octanol–water partition coefficient (Wildman–Crippen LogP) is 5.97. The molecule has 0 saturated carbocycles. The van der Waals surface area contributed by atoms with Crippen LogP contribution in [0.4, 0.5) is 5.69 Å². The highest BCUT2D eigenvalue weighted by Gasteiger charge is 2.13. The Bertz CT molecular complexity index is 1130. The number of hydrogen-bond acceptors (Lipinski definition) is 3. The maximum absolute atomic E-state index is 12.6. The number of carbonyl (C=O) groups excluding carboxylic acids is 1. The van der Waals surface area contributed by atoms with Gasteiger partial charge in [-0.1, -0.05) is 29.3 Å². The SMILES string of the molecule is Cc1ccc2nc3sc(C(=O)Nc4ccc(C)c(Cl)c4)cc3cc2c1. The first-order valence-corrected chi connectivity index (χ1v) is 9.07. The summed E-state index contributed by atoms with van der Waals surface area (Å²) in [5.41, 5.74) is 3.80. The second kappa shape index (κ2) is 6.14. The standard InChI is InChI=1S/C20H15ClN2OS/c1-11-3-6-17-13(7-11)8-14-9-18(25-20(14)23-17)19(24)22-15-5-4-12(2)16(21)10-15/h3-10H,1-2H3,(H,22,24). The number of carbonyl (C=O) groups is 1. The highest BCUT2D eigenvalue weighted by Crippen LogP contribution is 2.29. The van der Waals surface area contributed by atoms with E-state index < -0.39 is 0 Å². The first kappa shape index (κ1) is 16.1. The van der Waals surface area contributed by atoms with Crippen LogP contribution in [-0.4, -0.2) is 10.9 Å². The summed E-state index contributed by atoms with van der Waals surface area (Å²) in [4.78, 5) is 18.7. The number of halogens is 1. The Balaban J connectivity index is 1.69. The van der Waals surface area contributed by atoms with E-state index in [-0.39, 0.29) is 5.91 Å². The van der Waals surface area contributed by atoms with E-state index in [1.807, 2.05) is 37.3 Å². The Morgan fingerprint density at radius 3 is 2.68 bits per heavy atom. The highest BCUT2D eigenvalue weighted by molar-refractivity contribution is 7.20. The molecule has 3 nitrogen and oxygen atoms in total. The third-order valence-electron chi connectivity index (χ3n) is 4.11. The number of benzene rings is 2. The normalized spacial score (nSPS) is 11.2. The van der Waals surface area contributed by atoms with Gasteiger partial charge in [0, 0.05) is 21.5 Å². The Labute approximate surface area is 154 Å². The topological polar surface area (TPSA) is 42.0 Å². The van der Waals surface area contributed by atoms with Crippen molar-refractivity contribution in [1.29, 1.82) is 0 Å². The summed E-state index contributed by atoms with van der Waals surface area (Å²) >= 11 is 7.52. The average molecular weight is 367 g/mol. The smallest absolute Gasteiger partial charge is 0.265 e. The van der Waals surface area contributed by atoms with E-state index in [9.17, 15) is 4.79 Å². The first-order chi connectivity index (χ1) is 12.0. The van der Waals surface area contributed by atoms with Gasteiger partial charge in [0.2, 0.25) is 0 Å². The summed E-state index contributed by atoms with van der Waals surface area (Å²) in [5.74, 6) is -0.150. The molecule has 0 atom stereocenters. The minimum Gasteiger partial charge on any atom is -0.321 e. The van der Waals surface area contributed by atoms with E-state index in [1.165, 1.54) is 16.9 Å². The lowest BCUT2D eigenvalue weighted by Crippen LogP contribution is -2.09. The van der Waals surface area contributed by atoms with Crippen molar-refractivity contribution in [2.45, 2.75) is 13.8 Å². The molecular formula is C20H15ClN2OS. The van der Waals surface area contributed by atoms with Gasteiger partial charge in [-0.3, -0.25) is 4.79 Å². The maximum Gasteiger partial charge on any atom is 0.265 e. The number of nitrogens with zero attached hydrogens (tertiary/aromatic N) is 1. The van der Waals surface area contributed by atoms with E-state index in [1.54, 1.807) is 6.07 Å². The lowest BCUT2D eigenvalue weighted by atomic mass is 10.1. The van der Waals surface area contributed by atoms with Gasteiger partial charge in [-0.15, -0.1) is 11.3 Å². The Morgan fingerprint density at radius 1 is 1.04 bits per heavy atom. The molecule has 1 amide bonds. The van der Waals surface area contributed by atoms with Crippen LogP contribution >= 0.6 is 22.9 Å². The zero-order valence-corrected chi connectivity index (χ0v) is 15.3. The lowest BCUT2D eigenvalue weighted by Gasteiger charge is -2.05. The number of aryl methyl sites for hydroxylation is 2. The molecule has 2 aromatic carbocycles. The second-order valence-electron chi connectivity index (χ2n) is 6.11. The van der Waals surface area contributed by atoms with E-state index in [2.05, 4.69) is 29.4 Å². The molecule has 0 bridgehead atoms. The maximum atomic E-state index is 12.6. The van der Waals surface area contributed by atoms with E-state index >= 15 is 0 Å². The Kier molecular flexibility index (Phi) is 3.94. The van der Waals surface area contributed by atoms with Crippen LogP contribution in [0, 0.1) is 13.8 Å². The molecule has 4 rings (SSSR count). The van der Waals surface area contributed by atoms with Crippen molar-refractivity contribution >= 4 is 55.7 Å². The van der Waals surface area contributed by atoms with E-state index in [0.717, 1.165) is 26.7 Å². The van der Waals surface area contributed by atoms with E-state index in [4.69, 9.17) is 11.6 Å². The molecule has 0 fully saturated rings. The molecule has 2 aromatic heterocycles. The summed E-state index contributed by atoms with van der Waals surface area (Å²) < 4.78 is 0. The summed E-state index contributed by atoms with van der Waals surface area (Å²) in [6.45, 7) is 3.99. The molecule has 5 heteroatoms. The quantitative estimate of drug-likeness (QED) is 0.474. The number of rotatable bonds is 2. The van der Waals surface area contributed by atoms with Crippen molar-refractivity contribution in [3.05, 3.63) is 69.6 Å². The van der Waals surface area contributed by atoms with Crippen molar-refractivity contribution in [3.8, 4) is 0 Å². The zero-order valence-electron chi connectivity index (χ0n) is 13.8. The number of thiophene rings is 1. The molecule has 0 aliphatic carbocycles. The van der Waals surface area contributed by atoms with E-state index in [0.29, 0.717) is 15.6 Å². The molecule has 0 unspecified atom stereocenters. The number of anilines is 1. The lowest BCUT2D eigenvalue weighted by molar-refractivity contribution is 0.103. The summed E-state index contributed by atoms with van der Waals surface area (Å²) in [5, 5.41) is 5.60. The molecule has 124 valence electrons. The van der Waals surface area contributed by atoms with Crippen molar-refractivity contribution < 1.29 is 4.79 Å². The number of pyridine rings is 1. The van der Waals surface area contributed by atoms with Gasteiger partial charge < -0.3 is 5.32 Å². The summed E-state index contributed by atoms with van der Waals surface area (Å²) in [6.07, 6.45) is 0. The van der Waals surface area contributed by atoms with Gasteiger partial charge >= 0.3 is 0 Å². The monoisotopic (exact) mass is 366 g/mol. The fourth-order valence-electron chi connectivity index (χ4n) is 2.73. The molecule has 1 N–H and O–H groups in total. The second-order valence-corrected chi connectivity index (χ2v) is 7.55. The number of nitrogens with one attached hydrogen (secondary N) is 1. The van der Waals surface area contributed by atoms with Crippen LogP contribution in [0.25, 0.3) is 21.1 Å². The predicted molar refractivity (Wildman–Crippen MR) is 106 cm³/mol. The largest absolute Gasteiger partial charge is 0.321 e. The fraction of sp³-hybridized carbons (Fsp3) is 0.100. The number of hydrogen-bond donors (Lipinski definition) is 1. The van der Waals surface area contributed by atoms with Gasteiger partial charge in [-0.25, -0.2) is 4.98 Å². The van der Waals surface area contributed by atoms with Crippen LogP contribution in [0.2, 0.25) is 5.02 Å². The van der Waals surface area contributed by atoms with Gasteiger partial charge in [0.05, 0.1) is 10.4 Å². The summed E-state index contributed by atoms with van der Waals surface area (Å²) in [6, 6.07) is 15.6. The van der Waals surface area contributed by atoms with Gasteiger partial charge in [0.25, 0.3) is 5.91 Å². The Hall–Kier alpha value is -2.43. The molecule has 2 heterocycles. The molecule has 0 aliphatic rings. The van der Waals surface area contributed by atoms with Gasteiger partial charge in [-0.2, -0.15) is 0 Å². The van der Waals surface area contributed by atoms with Crippen LogP contribution in [0.1, 0.15) is 20.8 Å². The van der Waals surface area contributed by atoms with Crippen molar-refractivity contribution in [2.24, 2.45) is 0 Å². The molecule has 0 saturated heterocycles. The number of fused-ring (bicyclic) bond motifs is 2.